The lowest BCUT2D eigenvalue weighted by Crippen LogP contribution is -2.19. The number of aliphatic hydroxyl groups excluding tert-OH is 1. The zero-order chi connectivity index (χ0) is 9.97. The fourth-order valence-electron chi connectivity index (χ4n) is 2.38. The van der Waals surface area contributed by atoms with E-state index in [1.54, 1.807) is 6.20 Å². The summed E-state index contributed by atoms with van der Waals surface area (Å²) in [6.07, 6.45) is 6.43. The average molecular weight is 211 g/mol. The summed E-state index contributed by atoms with van der Waals surface area (Å²) >= 11 is 1.43. The van der Waals surface area contributed by atoms with Crippen molar-refractivity contribution < 1.29 is 5.11 Å². The van der Waals surface area contributed by atoms with Crippen molar-refractivity contribution in [3.05, 3.63) is 17.1 Å². The van der Waals surface area contributed by atoms with E-state index in [4.69, 9.17) is 0 Å². The Labute approximate surface area is 89.1 Å². The predicted molar refractivity (Wildman–Crippen MR) is 58.2 cm³/mol. The molecule has 0 spiro atoms. The molecule has 0 bridgehead atoms. The first-order valence-corrected chi connectivity index (χ1v) is 6.13. The zero-order valence-electron chi connectivity index (χ0n) is 8.52. The van der Waals surface area contributed by atoms with Crippen molar-refractivity contribution in [2.24, 2.45) is 11.8 Å². The van der Waals surface area contributed by atoms with Gasteiger partial charge in [0.1, 0.15) is 0 Å². The van der Waals surface area contributed by atoms with Gasteiger partial charge in [0.05, 0.1) is 11.0 Å². The number of aromatic nitrogens is 1. The highest BCUT2D eigenvalue weighted by Crippen LogP contribution is 2.37. The van der Waals surface area contributed by atoms with Gasteiger partial charge in [-0.25, -0.2) is 4.37 Å². The molecule has 1 heterocycles. The molecule has 0 amide bonds. The van der Waals surface area contributed by atoms with Crippen molar-refractivity contribution >= 4 is 11.5 Å². The highest BCUT2D eigenvalue weighted by Gasteiger charge is 2.26. The molecule has 1 saturated carbocycles. The van der Waals surface area contributed by atoms with Crippen LogP contribution in [0.2, 0.25) is 0 Å². The average Bonchev–Trinajstić information content (AvgIpc) is 2.69. The molecule has 1 aromatic heterocycles. The summed E-state index contributed by atoms with van der Waals surface area (Å²) in [6.45, 7) is 2.28. The first-order chi connectivity index (χ1) is 6.77. The van der Waals surface area contributed by atoms with Crippen LogP contribution in [-0.4, -0.2) is 9.48 Å². The maximum absolute atomic E-state index is 10.1. The lowest BCUT2D eigenvalue weighted by molar-refractivity contribution is 0.0742. The molecule has 1 aliphatic rings. The van der Waals surface area contributed by atoms with Gasteiger partial charge in [-0.15, -0.1) is 0 Å². The Bertz CT molecular complexity index is 273. The fourth-order valence-corrected chi connectivity index (χ4v) is 3.04. The Morgan fingerprint density at radius 2 is 2.43 bits per heavy atom. The molecule has 3 unspecified atom stereocenters. The maximum atomic E-state index is 10.1. The molecule has 14 heavy (non-hydrogen) atoms. The first kappa shape index (κ1) is 10.1. The van der Waals surface area contributed by atoms with Crippen molar-refractivity contribution in [3.8, 4) is 0 Å². The van der Waals surface area contributed by atoms with Crippen molar-refractivity contribution in [2.45, 2.75) is 38.7 Å². The lowest BCUT2D eigenvalue weighted by atomic mass is 9.79. The second kappa shape index (κ2) is 4.41. The van der Waals surface area contributed by atoms with Crippen molar-refractivity contribution in [2.75, 3.05) is 0 Å². The molecule has 1 aliphatic carbocycles. The van der Waals surface area contributed by atoms with Gasteiger partial charge in [-0.3, -0.25) is 0 Å². The number of nitrogens with zero attached hydrogens (tertiary/aromatic N) is 1. The summed E-state index contributed by atoms with van der Waals surface area (Å²) in [5.41, 5.74) is 0. The summed E-state index contributed by atoms with van der Waals surface area (Å²) in [7, 11) is 0. The van der Waals surface area contributed by atoms with Crippen molar-refractivity contribution in [1.82, 2.24) is 4.37 Å². The van der Waals surface area contributed by atoms with Crippen LogP contribution in [0.3, 0.4) is 0 Å². The van der Waals surface area contributed by atoms with Crippen molar-refractivity contribution in [1.29, 1.82) is 0 Å². The zero-order valence-corrected chi connectivity index (χ0v) is 9.33. The van der Waals surface area contributed by atoms with Gasteiger partial charge >= 0.3 is 0 Å². The van der Waals surface area contributed by atoms with Gasteiger partial charge < -0.3 is 5.11 Å². The largest absolute Gasteiger partial charge is 0.387 e. The normalized spacial score (nSPS) is 30.1. The molecular weight excluding hydrogens is 194 g/mol. The second-order valence-corrected chi connectivity index (χ2v) is 5.26. The molecule has 1 aromatic rings. The van der Waals surface area contributed by atoms with Gasteiger partial charge in [-0.1, -0.05) is 19.8 Å². The molecule has 78 valence electrons. The molecule has 2 nitrogen and oxygen atoms in total. The fraction of sp³-hybridized carbons (Fsp3) is 0.727. The summed E-state index contributed by atoms with van der Waals surface area (Å²) in [5.74, 6) is 1.23. The van der Waals surface area contributed by atoms with Gasteiger partial charge in [-0.2, -0.15) is 0 Å². The highest BCUT2D eigenvalue weighted by molar-refractivity contribution is 7.05. The van der Waals surface area contributed by atoms with Crippen LogP contribution in [-0.2, 0) is 0 Å². The SMILES string of the molecule is CC1CCCC(C(O)c2ccns2)C1. The molecule has 1 fully saturated rings. The highest BCUT2D eigenvalue weighted by atomic mass is 32.1. The molecular formula is C11H17NOS. The van der Waals surface area contributed by atoms with Crippen LogP contribution in [0.25, 0.3) is 0 Å². The van der Waals surface area contributed by atoms with E-state index >= 15 is 0 Å². The molecule has 0 aliphatic heterocycles. The summed E-state index contributed by atoms with van der Waals surface area (Å²) < 4.78 is 4.04. The van der Waals surface area contributed by atoms with Crippen LogP contribution in [0.15, 0.2) is 12.3 Å². The predicted octanol–water partition coefficient (Wildman–Crippen LogP) is 3.00. The smallest absolute Gasteiger partial charge is 0.0926 e. The van der Waals surface area contributed by atoms with E-state index in [2.05, 4.69) is 11.3 Å². The number of aliphatic hydroxyl groups is 1. The van der Waals surface area contributed by atoms with Gasteiger partial charge in [0.15, 0.2) is 0 Å². The van der Waals surface area contributed by atoms with E-state index in [0.717, 1.165) is 10.8 Å². The molecule has 2 rings (SSSR count). The molecule has 0 aromatic carbocycles. The van der Waals surface area contributed by atoms with Crippen molar-refractivity contribution in [3.63, 3.8) is 0 Å². The van der Waals surface area contributed by atoms with E-state index in [9.17, 15) is 5.11 Å². The third kappa shape index (κ3) is 2.15. The van der Waals surface area contributed by atoms with Crippen LogP contribution in [0.4, 0.5) is 0 Å². The topological polar surface area (TPSA) is 33.1 Å². The van der Waals surface area contributed by atoms with Crippen LogP contribution >= 0.6 is 11.5 Å². The summed E-state index contributed by atoms with van der Waals surface area (Å²) in [6, 6.07) is 1.94. The Balaban J connectivity index is 2.00. The standard InChI is InChI=1S/C11H17NOS/c1-8-3-2-4-9(7-8)11(13)10-5-6-12-14-10/h5-6,8-9,11,13H,2-4,7H2,1H3. The Morgan fingerprint density at radius 1 is 1.57 bits per heavy atom. The minimum Gasteiger partial charge on any atom is -0.387 e. The van der Waals surface area contributed by atoms with Gasteiger partial charge in [-0.05, 0) is 42.3 Å². The quantitative estimate of drug-likeness (QED) is 0.815. The molecule has 3 atom stereocenters. The van der Waals surface area contributed by atoms with E-state index < -0.39 is 0 Å². The van der Waals surface area contributed by atoms with E-state index in [-0.39, 0.29) is 6.10 Å². The van der Waals surface area contributed by atoms with E-state index in [1.807, 2.05) is 6.07 Å². The van der Waals surface area contributed by atoms with Gasteiger partial charge in [0, 0.05) is 6.20 Å². The summed E-state index contributed by atoms with van der Waals surface area (Å²) in [5, 5.41) is 10.1. The second-order valence-electron chi connectivity index (χ2n) is 4.39. The number of rotatable bonds is 2. The maximum Gasteiger partial charge on any atom is 0.0926 e. The van der Waals surface area contributed by atoms with Crippen LogP contribution in [0.1, 0.15) is 43.6 Å². The van der Waals surface area contributed by atoms with Crippen LogP contribution in [0.5, 0.6) is 0 Å². The van der Waals surface area contributed by atoms with E-state index in [0.29, 0.717) is 5.92 Å². The third-order valence-electron chi connectivity index (χ3n) is 3.17. The molecule has 0 radical (unpaired) electrons. The Hall–Kier alpha value is -0.410. The minimum absolute atomic E-state index is 0.273. The summed E-state index contributed by atoms with van der Waals surface area (Å²) in [4.78, 5) is 1.03. The first-order valence-electron chi connectivity index (χ1n) is 5.36. The minimum atomic E-state index is -0.273. The van der Waals surface area contributed by atoms with Crippen LogP contribution in [0, 0.1) is 11.8 Å². The number of hydrogen-bond donors (Lipinski definition) is 1. The van der Waals surface area contributed by atoms with Gasteiger partial charge in [0.2, 0.25) is 0 Å². The monoisotopic (exact) mass is 211 g/mol. The lowest BCUT2D eigenvalue weighted by Gasteiger charge is -2.29. The third-order valence-corrected chi connectivity index (χ3v) is 3.99. The molecule has 0 saturated heterocycles. The van der Waals surface area contributed by atoms with Crippen LogP contribution < -0.4 is 0 Å². The Kier molecular flexibility index (Phi) is 3.19. The molecule has 1 N–H and O–H groups in total. The van der Waals surface area contributed by atoms with E-state index in [1.165, 1.54) is 37.2 Å². The molecule has 3 heteroatoms. The van der Waals surface area contributed by atoms with Gasteiger partial charge in [0.25, 0.3) is 0 Å². The Morgan fingerprint density at radius 3 is 3.07 bits per heavy atom. The number of hydrogen-bond acceptors (Lipinski definition) is 3.